The number of ether oxygens (including phenoxy) is 1. The Balaban J connectivity index is 1.85. The number of aryl methyl sites for hydroxylation is 2. The molecule has 4 rings (SSSR count). The molecule has 6 nitrogen and oxygen atoms in total. The van der Waals surface area contributed by atoms with Crippen molar-refractivity contribution in [2.75, 3.05) is 12.4 Å². The van der Waals surface area contributed by atoms with E-state index in [2.05, 4.69) is 10.4 Å². The average molecular weight is 375 g/mol. The third kappa shape index (κ3) is 2.87. The summed E-state index contributed by atoms with van der Waals surface area (Å²) in [7, 11) is 1.53. The summed E-state index contributed by atoms with van der Waals surface area (Å²) in [5, 5.41) is 7.56. The van der Waals surface area contributed by atoms with E-state index in [-0.39, 0.29) is 18.1 Å². The standard InChI is InChI=1S/C22H21N3O3/c1-13-8-4-6-10-17(13)25-22-20(14(2)24-25)16(12-19(26)23-22)21(27)15-9-5-7-11-18(15)28-3/h4-11,16H,12H2,1-3H3,(H,23,26). The van der Waals surface area contributed by atoms with Gasteiger partial charge in [-0.15, -0.1) is 0 Å². The van der Waals surface area contributed by atoms with Crippen LogP contribution in [0.15, 0.2) is 48.5 Å². The molecule has 1 N–H and O–H groups in total. The third-order valence-corrected chi connectivity index (χ3v) is 5.14. The lowest BCUT2D eigenvalue weighted by Crippen LogP contribution is -2.28. The molecule has 1 amide bonds. The van der Waals surface area contributed by atoms with Crippen LogP contribution in [0.4, 0.5) is 5.82 Å². The molecular formula is C22H21N3O3. The van der Waals surface area contributed by atoms with E-state index in [9.17, 15) is 9.59 Å². The van der Waals surface area contributed by atoms with Gasteiger partial charge in [0.05, 0.1) is 30.0 Å². The summed E-state index contributed by atoms with van der Waals surface area (Å²) < 4.78 is 7.07. The second-order valence-corrected chi connectivity index (χ2v) is 6.92. The molecule has 28 heavy (non-hydrogen) atoms. The number of nitrogens with one attached hydrogen (secondary N) is 1. The van der Waals surface area contributed by atoms with Crippen LogP contribution in [0.5, 0.6) is 5.75 Å². The van der Waals surface area contributed by atoms with Crippen molar-refractivity contribution < 1.29 is 14.3 Å². The Bertz CT molecular complexity index is 1080. The number of rotatable bonds is 4. The van der Waals surface area contributed by atoms with E-state index in [0.717, 1.165) is 22.5 Å². The lowest BCUT2D eigenvalue weighted by molar-refractivity contribution is -0.116. The first-order chi connectivity index (χ1) is 13.5. The van der Waals surface area contributed by atoms with Crippen LogP contribution in [0.3, 0.4) is 0 Å². The Morgan fingerprint density at radius 1 is 1.14 bits per heavy atom. The molecule has 2 aromatic carbocycles. The number of hydrogen-bond acceptors (Lipinski definition) is 4. The van der Waals surface area contributed by atoms with E-state index < -0.39 is 5.92 Å². The molecule has 6 heteroatoms. The highest BCUT2D eigenvalue weighted by molar-refractivity contribution is 6.09. The summed E-state index contributed by atoms with van der Waals surface area (Å²) in [6, 6.07) is 14.9. The smallest absolute Gasteiger partial charge is 0.226 e. The highest BCUT2D eigenvalue weighted by Gasteiger charge is 2.37. The van der Waals surface area contributed by atoms with Crippen LogP contribution >= 0.6 is 0 Å². The minimum Gasteiger partial charge on any atom is -0.496 e. The first-order valence-electron chi connectivity index (χ1n) is 9.14. The van der Waals surface area contributed by atoms with Gasteiger partial charge in [0.25, 0.3) is 0 Å². The fourth-order valence-corrected chi connectivity index (χ4v) is 3.78. The number of amides is 1. The molecule has 0 bridgehead atoms. The number of carbonyl (C=O) groups is 2. The maximum absolute atomic E-state index is 13.4. The zero-order valence-corrected chi connectivity index (χ0v) is 16.0. The van der Waals surface area contributed by atoms with Crippen LogP contribution in [-0.2, 0) is 4.79 Å². The Morgan fingerprint density at radius 2 is 1.86 bits per heavy atom. The van der Waals surface area contributed by atoms with Crippen molar-refractivity contribution in [3.63, 3.8) is 0 Å². The van der Waals surface area contributed by atoms with E-state index in [1.54, 1.807) is 22.9 Å². The first-order valence-corrected chi connectivity index (χ1v) is 9.14. The minimum absolute atomic E-state index is 0.0875. The van der Waals surface area contributed by atoms with Gasteiger partial charge in [0.2, 0.25) is 5.91 Å². The lowest BCUT2D eigenvalue weighted by Gasteiger charge is -2.24. The quantitative estimate of drug-likeness (QED) is 0.704. The number of anilines is 1. The van der Waals surface area contributed by atoms with E-state index in [1.807, 2.05) is 44.2 Å². The molecule has 142 valence electrons. The summed E-state index contributed by atoms with van der Waals surface area (Å²) in [5.74, 6) is 0.134. The SMILES string of the molecule is COc1ccccc1C(=O)C1CC(=O)Nc2c1c(C)nn2-c1ccccc1C. The van der Waals surface area contributed by atoms with Crippen molar-refractivity contribution in [1.29, 1.82) is 0 Å². The number of Topliss-reactive ketones (excluding diaryl/α,β-unsaturated/α-hetero) is 1. The van der Waals surface area contributed by atoms with Gasteiger partial charge >= 0.3 is 0 Å². The Morgan fingerprint density at radius 3 is 2.61 bits per heavy atom. The zero-order chi connectivity index (χ0) is 19.8. The van der Waals surface area contributed by atoms with Crippen LogP contribution in [-0.4, -0.2) is 28.6 Å². The molecule has 0 aliphatic carbocycles. The lowest BCUT2D eigenvalue weighted by atomic mass is 9.85. The molecule has 0 fully saturated rings. The van der Waals surface area contributed by atoms with Crippen LogP contribution in [0.25, 0.3) is 5.69 Å². The highest BCUT2D eigenvalue weighted by Crippen LogP contribution is 2.39. The molecule has 0 saturated heterocycles. The monoisotopic (exact) mass is 375 g/mol. The van der Waals surface area contributed by atoms with Crippen molar-refractivity contribution in [3.8, 4) is 11.4 Å². The van der Waals surface area contributed by atoms with Gasteiger partial charge < -0.3 is 10.1 Å². The molecule has 1 aliphatic heterocycles. The topological polar surface area (TPSA) is 73.2 Å². The Labute approximate surface area is 163 Å². The molecular weight excluding hydrogens is 354 g/mol. The van der Waals surface area contributed by atoms with Gasteiger partial charge in [-0.2, -0.15) is 5.10 Å². The zero-order valence-electron chi connectivity index (χ0n) is 16.0. The van der Waals surface area contributed by atoms with Gasteiger partial charge in [-0.1, -0.05) is 30.3 Å². The molecule has 1 unspecified atom stereocenters. The summed E-state index contributed by atoms with van der Waals surface area (Å²) in [4.78, 5) is 25.8. The number of hydrogen-bond donors (Lipinski definition) is 1. The summed E-state index contributed by atoms with van der Waals surface area (Å²) in [6.07, 6.45) is 0.0875. The van der Waals surface area contributed by atoms with Crippen LogP contribution in [0, 0.1) is 13.8 Å². The molecule has 1 aliphatic rings. The molecule has 3 aromatic rings. The second kappa shape index (κ2) is 6.96. The summed E-state index contributed by atoms with van der Waals surface area (Å²) >= 11 is 0. The predicted octanol–water partition coefficient (Wildman–Crippen LogP) is 3.81. The van der Waals surface area contributed by atoms with Crippen molar-refractivity contribution in [3.05, 3.63) is 70.9 Å². The molecule has 0 radical (unpaired) electrons. The average Bonchev–Trinajstić information content (AvgIpc) is 3.03. The van der Waals surface area contributed by atoms with Crippen LogP contribution in [0.2, 0.25) is 0 Å². The summed E-state index contributed by atoms with van der Waals surface area (Å²) in [6.45, 7) is 3.86. The number of fused-ring (bicyclic) bond motifs is 1. The minimum atomic E-state index is -0.599. The number of ketones is 1. The maximum atomic E-state index is 13.4. The van der Waals surface area contributed by atoms with Gasteiger partial charge in [0.15, 0.2) is 5.78 Å². The number of nitrogens with zero attached hydrogens (tertiary/aromatic N) is 2. The fourth-order valence-electron chi connectivity index (χ4n) is 3.78. The number of carbonyl (C=O) groups excluding carboxylic acids is 2. The van der Waals surface area contributed by atoms with Crippen molar-refractivity contribution in [1.82, 2.24) is 9.78 Å². The summed E-state index contributed by atoms with van der Waals surface area (Å²) in [5.41, 5.74) is 3.86. The van der Waals surface area contributed by atoms with Crippen LogP contribution < -0.4 is 10.1 Å². The molecule has 1 aromatic heterocycles. The first kappa shape index (κ1) is 18.0. The van der Waals surface area contributed by atoms with Gasteiger partial charge in [-0.25, -0.2) is 4.68 Å². The molecule has 0 spiro atoms. The van der Waals surface area contributed by atoms with E-state index in [0.29, 0.717) is 17.1 Å². The van der Waals surface area contributed by atoms with Crippen molar-refractivity contribution in [2.45, 2.75) is 26.2 Å². The van der Waals surface area contributed by atoms with Crippen molar-refractivity contribution in [2.24, 2.45) is 0 Å². The van der Waals surface area contributed by atoms with Gasteiger partial charge in [0.1, 0.15) is 11.6 Å². The highest BCUT2D eigenvalue weighted by atomic mass is 16.5. The maximum Gasteiger partial charge on any atom is 0.226 e. The van der Waals surface area contributed by atoms with E-state index in [1.165, 1.54) is 7.11 Å². The van der Waals surface area contributed by atoms with Gasteiger partial charge in [0, 0.05) is 12.0 Å². The van der Waals surface area contributed by atoms with Crippen LogP contribution in [0.1, 0.15) is 39.5 Å². The molecule has 0 saturated carbocycles. The largest absolute Gasteiger partial charge is 0.496 e. The number of aromatic nitrogens is 2. The normalized spacial score (nSPS) is 15.7. The second-order valence-electron chi connectivity index (χ2n) is 6.92. The fraction of sp³-hybridized carbons (Fsp3) is 0.227. The number of methoxy groups -OCH3 is 1. The van der Waals surface area contributed by atoms with Gasteiger partial charge in [-0.3, -0.25) is 9.59 Å². The number of para-hydroxylation sites is 2. The third-order valence-electron chi connectivity index (χ3n) is 5.14. The number of benzene rings is 2. The predicted molar refractivity (Wildman–Crippen MR) is 106 cm³/mol. The van der Waals surface area contributed by atoms with E-state index >= 15 is 0 Å². The Hall–Kier alpha value is -3.41. The molecule has 2 heterocycles. The van der Waals surface area contributed by atoms with Gasteiger partial charge in [-0.05, 0) is 37.6 Å². The van der Waals surface area contributed by atoms with E-state index in [4.69, 9.17) is 4.74 Å². The molecule has 1 atom stereocenters. The Kier molecular flexibility index (Phi) is 4.47. The van der Waals surface area contributed by atoms with Crippen molar-refractivity contribution >= 4 is 17.5 Å².